The number of piperidine rings is 1. The average Bonchev–Trinajstić information content (AvgIpc) is 2.50. The van der Waals surface area contributed by atoms with Crippen LogP contribution in [0.3, 0.4) is 0 Å². The van der Waals surface area contributed by atoms with E-state index in [1.807, 2.05) is 39.8 Å². The molecular formula is C19H30N2O3. The zero-order valence-electron chi connectivity index (χ0n) is 15.5. The third-order valence-corrected chi connectivity index (χ3v) is 4.41. The molecule has 1 aliphatic heterocycles. The van der Waals surface area contributed by atoms with Crippen LogP contribution in [0.1, 0.15) is 44.7 Å². The molecule has 0 unspecified atom stereocenters. The van der Waals surface area contributed by atoms with Gasteiger partial charge in [-0.05, 0) is 70.8 Å². The molecule has 0 spiro atoms. The smallest absolute Gasteiger partial charge is 0.412 e. The Morgan fingerprint density at radius 2 is 1.96 bits per heavy atom. The first-order valence-electron chi connectivity index (χ1n) is 8.58. The summed E-state index contributed by atoms with van der Waals surface area (Å²) in [7, 11) is 1.79. The van der Waals surface area contributed by atoms with E-state index in [0.717, 1.165) is 49.2 Å². The number of anilines is 1. The minimum atomic E-state index is -0.509. The molecule has 0 saturated carbocycles. The van der Waals surface area contributed by atoms with Crippen LogP contribution < -0.4 is 10.6 Å². The van der Waals surface area contributed by atoms with Crippen LogP contribution in [-0.4, -0.2) is 37.5 Å². The lowest BCUT2D eigenvalue weighted by Gasteiger charge is -2.36. The van der Waals surface area contributed by atoms with Gasteiger partial charge >= 0.3 is 6.09 Å². The number of carbonyl (C=O) groups is 1. The number of carbonyl (C=O) groups excluding carboxylic acids is 1. The SMILES string of the molecule is COC1(Cc2ccc(C)c(NC(=O)OC(C)(C)C)c2)CCNCC1. The molecule has 1 aromatic rings. The molecule has 1 aromatic carbocycles. The summed E-state index contributed by atoms with van der Waals surface area (Å²) in [6.07, 6.45) is 2.40. The highest BCUT2D eigenvalue weighted by Gasteiger charge is 2.32. The Bertz CT molecular complexity index is 572. The van der Waals surface area contributed by atoms with E-state index < -0.39 is 11.7 Å². The summed E-state index contributed by atoms with van der Waals surface area (Å²) in [5, 5.41) is 6.23. The zero-order valence-corrected chi connectivity index (χ0v) is 15.5. The fourth-order valence-corrected chi connectivity index (χ4v) is 3.03. The Balaban J connectivity index is 2.11. The maximum atomic E-state index is 12.0. The molecule has 0 aromatic heterocycles. The summed E-state index contributed by atoms with van der Waals surface area (Å²) < 4.78 is 11.2. The van der Waals surface area contributed by atoms with E-state index in [1.165, 1.54) is 0 Å². The van der Waals surface area contributed by atoms with E-state index in [4.69, 9.17) is 9.47 Å². The van der Waals surface area contributed by atoms with Crippen LogP contribution in [0.25, 0.3) is 0 Å². The molecule has 2 rings (SSSR count). The van der Waals surface area contributed by atoms with Crippen molar-refractivity contribution in [3.8, 4) is 0 Å². The zero-order chi connectivity index (χ0) is 17.8. The van der Waals surface area contributed by atoms with Gasteiger partial charge in [0.15, 0.2) is 0 Å². The van der Waals surface area contributed by atoms with E-state index >= 15 is 0 Å². The summed E-state index contributed by atoms with van der Waals surface area (Å²) in [5.41, 5.74) is 2.34. The molecule has 1 amide bonds. The second kappa shape index (κ2) is 7.53. The molecular weight excluding hydrogens is 304 g/mol. The van der Waals surface area contributed by atoms with Crippen LogP contribution in [0.15, 0.2) is 18.2 Å². The van der Waals surface area contributed by atoms with Crippen molar-refractivity contribution in [3.63, 3.8) is 0 Å². The molecule has 0 atom stereocenters. The van der Waals surface area contributed by atoms with Crippen molar-refractivity contribution >= 4 is 11.8 Å². The maximum absolute atomic E-state index is 12.0. The molecule has 1 saturated heterocycles. The molecule has 134 valence electrons. The largest absolute Gasteiger partial charge is 0.444 e. The van der Waals surface area contributed by atoms with Gasteiger partial charge in [0, 0.05) is 19.2 Å². The number of nitrogens with one attached hydrogen (secondary N) is 2. The van der Waals surface area contributed by atoms with Gasteiger partial charge in [-0.25, -0.2) is 4.79 Å². The quantitative estimate of drug-likeness (QED) is 0.882. The maximum Gasteiger partial charge on any atom is 0.412 e. The predicted molar refractivity (Wildman–Crippen MR) is 96.6 cm³/mol. The second-order valence-electron chi connectivity index (χ2n) is 7.59. The van der Waals surface area contributed by atoms with Crippen molar-refractivity contribution in [1.82, 2.24) is 5.32 Å². The van der Waals surface area contributed by atoms with Gasteiger partial charge in [-0.15, -0.1) is 0 Å². The van der Waals surface area contributed by atoms with E-state index in [9.17, 15) is 4.79 Å². The van der Waals surface area contributed by atoms with Gasteiger partial charge in [0.2, 0.25) is 0 Å². The molecule has 24 heavy (non-hydrogen) atoms. The molecule has 1 heterocycles. The van der Waals surface area contributed by atoms with Crippen molar-refractivity contribution < 1.29 is 14.3 Å². The third kappa shape index (κ3) is 5.21. The Kier molecular flexibility index (Phi) is 5.88. The minimum absolute atomic E-state index is 0.121. The van der Waals surface area contributed by atoms with Gasteiger partial charge in [-0.3, -0.25) is 5.32 Å². The molecule has 0 aliphatic carbocycles. The number of amides is 1. The Labute approximate surface area is 145 Å². The fraction of sp³-hybridized carbons (Fsp3) is 0.632. The van der Waals surface area contributed by atoms with E-state index in [1.54, 1.807) is 7.11 Å². The molecule has 0 radical (unpaired) electrons. The minimum Gasteiger partial charge on any atom is -0.444 e. The lowest BCUT2D eigenvalue weighted by molar-refractivity contribution is -0.0333. The number of hydrogen-bond donors (Lipinski definition) is 2. The molecule has 1 aliphatic rings. The first-order chi connectivity index (χ1) is 11.2. The third-order valence-electron chi connectivity index (χ3n) is 4.41. The number of rotatable bonds is 4. The summed E-state index contributed by atoms with van der Waals surface area (Å²) in [6.45, 7) is 9.50. The summed E-state index contributed by atoms with van der Waals surface area (Å²) in [4.78, 5) is 12.0. The molecule has 0 bridgehead atoms. The Morgan fingerprint density at radius 1 is 1.29 bits per heavy atom. The van der Waals surface area contributed by atoms with Gasteiger partial charge in [0.05, 0.1) is 5.60 Å². The highest BCUT2D eigenvalue weighted by molar-refractivity contribution is 5.86. The number of benzene rings is 1. The van der Waals surface area contributed by atoms with Crippen molar-refractivity contribution in [1.29, 1.82) is 0 Å². The highest BCUT2D eigenvalue weighted by atomic mass is 16.6. The highest BCUT2D eigenvalue weighted by Crippen LogP contribution is 2.29. The number of hydrogen-bond acceptors (Lipinski definition) is 4. The normalized spacial score (nSPS) is 17.4. The second-order valence-corrected chi connectivity index (χ2v) is 7.59. The molecule has 1 fully saturated rings. The van der Waals surface area contributed by atoms with Crippen LogP contribution in [0.4, 0.5) is 10.5 Å². The number of aryl methyl sites for hydroxylation is 1. The van der Waals surface area contributed by atoms with Crippen molar-refractivity contribution in [2.24, 2.45) is 0 Å². The topological polar surface area (TPSA) is 59.6 Å². The standard InChI is InChI=1S/C19H30N2O3/c1-14-6-7-15(13-19(23-5)8-10-20-11-9-19)12-16(14)21-17(22)24-18(2,3)4/h6-7,12,20H,8-11,13H2,1-5H3,(H,21,22). The fourth-order valence-electron chi connectivity index (χ4n) is 3.03. The van der Waals surface area contributed by atoms with Crippen LogP contribution in [0.5, 0.6) is 0 Å². The monoisotopic (exact) mass is 334 g/mol. The Morgan fingerprint density at radius 3 is 2.54 bits per heavy atom. The van der Waals surface area contributed by atoms with Crippen molar-refractivity contribution in [3.05, 3.63) is 29.3 Å². The van der Waals surface area contributed by atoms with Gasteiger partial charge in [-0.1, -0.05) is 12.1 Å². The van der Waals surface area contributed by atoms with Crippen LogP contribution in [0.2, 0.25) is 0 Å². The van der Waals surface area contributed by atoms with Crippen molar-refractivity contribution in [2.45, 2.75) is 58.2 Å². The summed E-state index contributed by atoms with van der Waals surface area (Å²) in [5.74, 6) is 0. The molecule has 2 N–H and O–H groups in total. The lowest BCUT2D eigenvalue weighted by atomic mass is 9.85. The number of ether oxygens (including phenoxy) is 2. The molecule has 5 heteroatoms. The van der Waals surface area contributed by atoms with Crippen LogP contribution in [-0.2, 0) is 15.9 Å². The average molecular weight is 334 g/mol. The van der Waals surface area contributed by atoms with Gasteiger partial charge in [0.1, 0.15) is 5.60 Å². The van der Waals surface area contributed by atoms with Crippen LogP contribution >= 0.6 is 0 Å². The summed E-state index contributed by atoms with van der Waals surface area (Å²) >= 11 is 0. The van der Waals surface area contributed by atoms with E-state index in [-0.39, 0.29) is 5.60 Å². The van der Waals surface area contributed by atoms with E-state index in [2.05, 4.69) is 16.7 Å². The van der Waals surface area contributed by atoms with Crippen molar-refractivity contribution in [2.75, 3.05) is 25.5 Å². The van der Waals surface area contributed by atoms with Gasteiger partial charge < -0.3 is 14.8 Å². The first-order valence-corrected chi connectivity index (χ1v) is 8.58. The molecule has 5 nitrogen and oxygen atoms in total. The van der Waals surface area contributed by atoms with Gasteiger partial charge in [0.25, 0.3) is 0 Å². The van der Waals surface area contributed by atoms with Gasteiger partial charge in [-0.2, -0.15) is 0 Å². The first kappa shape index (κ1) is 18.7. The number of methoxy groups -OCH3 is 1. The van der Waals surface area contributed by atoms with E-state index in [0.29, 0.717) is 0 Å². The lowest BCUT2D eigenvalue weighted by Crippen LogP contribution is -2.45. The Hall–Kier alpha value is -1.59. The summed E-state index contributed by atoms with van der Waals surface area (Å²) in [6, 6.07) is 6.17. The predicted octanol–water partition coefficient (Wildman–Crippen LogP) is 3.65. The van der Waals surface area contributed by atoms with Crippen LogP contribution in [0, 0.1) is 6.92 Å².